The maximum Gasteiger partial charge on any atom is 0.174 e. The molecule has 2 rings (SSSR count). The molecule has 1 atom stereocenters. The van der Waals surface area contributed by atoms with Crippen LogP contribution in [0, 0.1) is 0 Å². The van der Waals surface area contributed by atoms with E-state index in [1.165, 1.54) is 6.26 Å². The average molecular weight is 347 g/mol. The van der Waals surface area contributed by atoms with Gasteiger partial charge >= 0.3 is 0 Å². The molecule has 0 radical (unpaired) electrons. The van der Waals surface area contributed by atoms with Crippen molar-refractivity contribution in [2.45, 2.75) is 12.5 Å². The van der Waals surface area contributed by atoms with Crippen LogP contribution >= 0.6 is 31.9 Å². The maximum atomic E-state index is 9.97. The zero-order chi connectivity index (χ0) is 11.5. The van der Waals surface area contributed by atoms with Crippen molar-refractivity contribution in [3.8, 4) is 0 Å². The summed E-state index contributed by atoms with van der Waals surface area (Å²) in [5.74, 6) is 0. The first-order valence-electron chi connectivity index (χ1n) is 4.68. The van der Waals surface area contributed by atoms with Crippen LogP contribution < -0.4 is 0 Å². The summed E-state index contributed by atoms with van der Waals surface area (Å²) >= 11 is 6.55. The highest BCUT2D eigenvalue weighted by Gasteiger charge is 2.14. The fourth-order valence-electron chi connectivity index (χ4n) is 1.38. The monoisotopic (exact) mass is 345 g/mol. The molecule has 1 N–H and O–H groups in total. The van der Waals surface area contributed by atoms with Crippen LogP contribution in [-0.2, 0) is 6.42 Å². The van der Waals surface area contributed by atoms with Crippen LogP contribution in [0.3, 0.4) is 0 Å². The summed E-state index contributed by atoms with van der Waals surface area (Å²) in [6.07, 6.45) is 3.11. The highest BCUT2D eigenvalue weighted by molar-refractivity contribution is 9.10. The highest BCUT2D eigenvalue weighted by atomic mass is 79.9. The second-order valence-electron chi connectivity index (χ2n) is 3.34. The van der Waals surface area contributed by atoms with Crippen LogP contribution in [0.5, 0.6) is 0 Å². The van der Waals surface area contributed by atoms with E-state index in [2.05, 4.69) is 36.8 Å². The minimum Gasteiger partial charge on any atom is -0.457 e. The molecule has 0 aliphatic heterocycles. The zero-order valence-electron chi connectivity index (χ0n) is 8.23. The predicted octanol–water partition coefficient (Wildman–Crippen LogP) is 3.48. The lowest BCUT2D eigenvalue weighted by molar-refractivity contribution is 0.175. The summed E-state index contributed by atoms with van der Waals surface area (Å²) in [6, 6.07) is 5.52. The van der Waals surface area contributed by atoms with Gasteiger partial charge in [0.05, 0.1) is 12.4 Å². The fourth-order valence-corrected chi connectivity index (χ4v) is 2.12. The smallest absolute Gasteiger partial charge is 0.174 e. The number of pyridine rings is 1. The van der Waals surface area contributed by atoms with Gasteiger partial charge in [0.15, 0.2) is 4.67 Å². The molecule has 0 spiro atoms. The molecule has 2 aromatic rings. The number of hydrogen-bond donors (Lipinski definition) is 1. The molecule has 2 heterocycles. The van der Waals surface area contributed by atoms with Gasteiger partial charge in [0.25, 0.3) is 0 Å². The first-order valence-corrected chi connectivity index (χ1v) is 6.27. The lowest BCUT2D eigenvalue weighted by atomic mass is 10.1. The topological polar surface area (TPSA) is 46.3 Å². The number of furan rings is 1. The van der Waals surface area contributed by atoms with Crippen LogP contribution in [-0.4, -0.2) is 10.1 Å². The Bertz CT molecular complexity index is 467. The Labute approximate surface area is 110 Å². The van der Waals surface area contributed by atoms with E-state index in [0.29, 0.717) is 11.1 Å². The summed E-state index contributed by atoms with van der Waals surface area (Å²) in [6.45, 7) is 0. The molecule has 3 nitrogen and oxygen atoms in total. The molecule has 16 heavy (non-hydrogen) atoms. The van der Waals surface area contributed by atoms with Crippen LogP contribution in [0.15, 0.2) is 44.2 Å². The molecule has 0 fully saturated rings. The third-order valence-electron chi connectivity index (χ3n) is 2.20. The summed E-state index contributed by atoms with van der Waals surface area (Å²) in [5, 5.41) is 9.97. The second kappa shape index (κ2) is 5.12. The Hall–Kier alpha value is -0.650. The third-order valence-corrected chi connectivity index (χ3v) is 3.31. The summed E-state index contributed by atoms with van der Waals surface area (Å²) in [7, 11) is 0. The summed E-state index contributed by atoms with van der Waals surface area (Å²) in [4.78, 5) is 4.21. The third kappa shape index (κ3) is 2.72. The van der Waals surface area contributed by atoms with E-state index in [1.54, 1.807) is 12.3 Å². The molecule has 0 saturated carbocycles. The van der Waals surface area contributed by atoms with Crippen molar-refractivity contribution in [2.24, 2.45) is 0 Å². The lowest BCUT2D eigenvalue weighted by Crippen LogP contribution is -2.02. The first kappa shape index (κ1) is 11.8. The van der Waals surface area contributed by atoms with Crippen LogP contribution in [0.25, 0.3) is 0 Å². The highest BCUT2D eigenvalue weighted by Crippen LogP contribution is 2.26. The summed E-state index contributed by atoms with van der Waals surface area (Å²) in [5.41, 5.74) is 1.58. The number of aliphatic hydroxyl groups is 1. The Morgan fingerprint density at radius 2 is 2.12 bits per heavy atom. The number of halogens is 2. The van der Waals surface area contributed by atoms with Crippen LogP contribution in [0.4, 0.5) is 0 Å². The quantitative estimate of drug-likeness (QED) is 0.925. The van der Waals surface area contributed by atoms with Crippen molar-refractivity contribution >= 4 is 31.9 Å². The van der Waals surface area contributed by atoms with Gasteiger partial charge < -0.3 is 9.52 Å². The zero-order valence-corrected chi connectivity index (χ0v) is 11.4. The Balaban J connectivity index is 2.10. The molecule has 0 bridgehead atoms. The molecule has 0 amide bonds. The molecule has 0 aromatic carbocycles. The van der Waals surface area contributed by atoms with E-state index >= 15 is 0 Å². The van der Waals surface area contributed by atoms with Gasteiger partial charge in [-0.05, 0) is 50.1 Å². The molecular weight excluding hydrogens is 338 g/mol. The van der Waals surface area contributed by atoms with Gasteiger partial charge in [-0.25, -0.2) is 0 Å². The van der Waals surface area contributed by atoms with Crippen molar-refractivity contribution in [3.63, 3.8) is 0 Å². The van der Waals surface area contributed by atoms with E-state index in [4.69, 9.17) is 4.42 Å². The van der Waals surface area contributed by atoms with E-state index in [-0.39, 0.29) is 0 Å². The lowest BCUT2D eigenvalue weighted by Gasteiger charge is -2.08. The standard InChI is InChI=1S/C11H9Br2NO2/c12-7-1-2-8(14-6-7)5-10(15)9-3-4-16-11(9)13/h1-4,6,10,15H,5H2. The van der Waals surface area contributed by atoms with E-state index in [9.17, 15) is 5.11 Å². The summed E-state index contributed by atoms with van der Waals surface area (Å²) < 4.78 is 6.56. The first-order chi connectivity index (χ1) is 7.66. The molecule has 1 unspecified atom stereocenters. The molecule has 5 heteroatoms. The fraction of sp³-hybridized carbons (Fsp3) is 0.182. The largest absolute Gasteiger partial charge is 0.457 e. The molecule has 84 valence electrons. The van der Waals surface area contributed by atoms with Crippen molar-refractivity contribution in [1.29, 1.82) is 0 Å². The second-order valence-corrected chi connectivity index (χ2v) is 4.97. The minimum atomic E-state index is -0.609. The van der Waals surface area contributed by atoms with Crippen LogP contribution in [0.2, 0.25) is 0 Å². The molecular formula is C11H9Br2NO2. The maximum absolute atomic E-state index is 9.97. The normalized spacial score (nSPS) is 12.7. The van der Waals surface area contributed by atoms with E-state index in [0.717, 1.165) is 15.7 Å². The van der Waals surface area contributed by atoms with Crippen molar-refractivity contribution in [3.05, 3.63) is 51.1 Å². The SMILES string of the molecule is OC(Cc1ccc(Br)cn1)c1ccoc1Br. The van der Waals surface area contributed by atoms with Crippen molar-refractivity contribution < 1.29 is 9.52 Å². The predicted molar refractivity (Wildman–Crippen MR) is 67.0 cm³/mol. The number of nitrogens with zero attached hydrogens (tertiary/aromatic N) is 1. The Morgan fingerprint density at radius 3 is 2.69 bits per heavy atom. The number of rotatable bonds is 3. The van der Waals surface area contributed by atoms with Crippen molar-refractivity contribution in [1.82, 2.24) is 4.98 Å². The average Bonchev–Trinajstić information content (AvgIpc) is 2.68. The van der Waals surface area contributed by atoms with E-state index in [1.807, 2.05) is 12.1 Å². The molecule has 2 aromatic heterocycles. The number of hydrogen-bond acceptors (Lipinski definition) is 3. The molecule has 0 aliphatic rings. The van der Waals surface area contributed by atoms with Gasteiger partial charge in [-0.15, -0.1) is 0 Å². The minimum absolute atomic E-state index is 0.464. The van der Waals surface area contributed by atoms with Crippen LogP contribution in [0.1, 0.15) is 17.4 Å². The van der Waals surface area contributed by atoms with E-state index < -0.39 is 6.10 Å². The number of aromatic nitrogens is 1. The number of aliphatic hydroxyl groups excluding tert-OH is 1. The van der Waals surface area contributed by atoms with Gasteiger partial charge in [0, 0.05) is 28.3 Å². The molecule has 0 saturated heterocycles. The van der Waals surface area contributed by atoms with Gasteiger partial charge in [-0.1, -0.05) is 0 Å². The Kier molecular flexibility index (Phi) is 3.78. The van der Waals surface area contributed by atoms with Gasteiger partial charge in [-0.3, -0.25) is 4.98 Å². The van der Waals surface area contributed by atoms with Gasteiger partial charge in [0.1, 0.15) is 0 Å². The Morgan fingerprint density at radius 1 is 1.31 bits per heavy atom. The molecule has 0 aliphatic carbocycles. The van der Waals surface area contributed by atoms with Crippen molar-refractivity contribution in [2.75, 3.05) is 0 Å². The van der Waals surface area contributed by atoms with Gasteiger partial charge in [0.2, 0.25) is 0 Å². The van der Waals surface area contributed by atoms with Gasteiger partial charge in [-0.2, -0.15) is 0 Å².